The number of unbranched alkanes of at least 4 members (excludes halogenated alkanes) is 1. The van der Waals surface area contributed by atoms with Crippen molar-refractivity contribution in [1.82, 2.24) is 10.6 Å². The molecule has 0 aromatic carbocycles. The van der Waals surface area contributed by atoms with Crippen molar-refractivity contribution in [2.75, 3.05) is 0 Å². The fourth-order valence-electron chi connectivity index (χ4n) is 1.55. The van der Waals surface area contributed by atoms with E-state index in [9.17, 15) is 19.2 Å². The van der Waals surface area contributed by atoms with E-state index in [-0.39, 0.29) is 12.8 Å². The zero-order valence-corrected chi connectivity index (χ0v) is 11.7. The van der Waals surface area contributed by atoms with Crippen LogP contribution in [0.5, 0.6) is 0 Å². The summed E-state index contributed by atoms with van der Waals surface area (Å²) < 4.78 is 0. The van der Waals surface area contributed by atoms with Crippen LogP contribution in [-0.4, -0.2) is 51.3 Å². The highest BCUT2D eigenvalue weighted by molar-refractivity contribution is 5.86. The lowest BCUT2D eigenvalue weighted by Crippen LogP contribution is -2.51. The molecule has 0 bridgehead atoms. The van der Waals surface area contributed by atoms with Gasteiger partial charge in [-0.05, 0) is 12.8 Å². The van der Waals surface area contributed by atoms with Crippen LogP contribution >= 0.6 is 0 Å². The third-order valence-electron chi connectivity index (χ3n) is 2.70. The Morgan fingerprint density at radius 2 is 1.38 bits per heavy atom. The van der Waals surface area contributed by atoms with Crippen molar-refractivity contribution in [2.45, 2.75) is 51.1 Å². The van der Waals surface area contributed by atoms with Gasteiger partial charge in [-0.25, -0.2) is 14.4 Å². The Balaban J connectivity index is 4.49. The third kappa shape index (κ3) is 8.45. The Morgan fingerprint density at radius 1 is 0.905 bits per heavy atom. The van der Waals surface area contributed by atoms with Crippen molar-refractivity contribution in [2.24, 2.45) is 0 Å². The van der Waals surface area contributed by atoms with E-state index in [1.165, 1.54) is 0 Å². The highest BCUT2D eigenvalue weighted by Gasteiger charge is 2.24. The molecule has 0 rings (SSSR count). The fraction of sp³-hybridized carbons (Fsp3) is 0.667. The molecule has 0 aliphatic carbocycles. The molecule has 0 saturated carbocycles. The van der Waals surface area contributed by atoms with Crippen LogP contribution < -0.4 is 10.6 Å². The van der Waals surface area contributed by atoms with E-state index < -0.39 is 42.4 Å². The molecule has 0 radical (unpaired) electrons. The SMILES string of the molecule is CCCC[C@H](NC(=O)N[C@@H](CCC(=O)O)C(=O)O)C(=O)O. The monoisotopic (exact) mass is 304 g/mol. The van der Waals surface area contributed by atoms with Gasteiger partial charge in [0.25, 0.3) is 0 Å². The first-order chi connectivity index (χ1) is 9.77. The molecule has 9 nitrogen and oxygen atoms in total. The highest BCUT2D eigenvalue weighted by atomic mass is 16.4. The molecule has 0 aliphatic heterocycles. The Bertz CT molecular complexity index is 397. The van der Waals surface area contributed by atoms with Gasteiger partial charge in [0.15, 0.2) is 0 Å². The van der Waals surface area contributed by atoms with Crippen LogP contribution in [0.25, 0.3) is 0 Å². The molecular weight excluding hydrogens is 284 g/mol. The molecule has 0 aliphatic rings. The summed E-state index contributed by atoms with van der Waals surface area (Å²) in [5.41, 5.74) is 0. The largest absolute Gasteiger partial charge is 0.481 e. The lowest BCUT2D eigenvalue weighted by molar-refractivity contribution is -0.140. The summed E-state index contributed by atoms with van der Waals surface area (Å²) in [6.07, 6.45) is 0.869. The number of nitrogens with one attached hydrogen (secondary N) is 2. The van der Waals surface area contributed by atoms with E-state index in [2.05, 4.69) is 10.6 Å². The zero-order valence-electron chi connectivity index (χ0n) is 11.7. The van der Waals surface area contributed by atoms with Crippen molar-refractivity contribution >= 4 is 23.9 Å². The number of urea groups is 1. The zero-order chi connectivity index (χ0) is 16.4. The number of carboxylic acid groups (broad SMARTS) is 3. The van der Waals surface area contributed by atoms with E-state index in [1.807, 2.05) is 6.92 Å². The fourth-order valence-corrected chi connectivity index (χ4v) is 1.55. The summed E-state index contributed by atoms with van der Waals surface area (Å²) in [6, 6.07) is -3.45. The lowest BCUT2D eigenvalue weighted by atomic mass is 10.1. The van der Waals surface area contributed by atoms with Gasteiger partial charge in [0.2, 0.25) is 0 Å². The van der Waals surface area contributed by atoms with Crippen LogP contribution in [-0.2, 0) is 14.4 Å². The Labute approximate surface area is 121 Å². The molecule has 2 atom stereocenters. The molecule has 2 amide bonds. The van der Waals surface area contributed by atoms with Crippen molar-refractivity contribution < 1.29 is 34.5 Å². The van der Waals surface area contributed by atoms with Gasteiger partial charge >= 0.3 is 23.9 Å². The quantitative estimate of drug-likeness (QED) is 0.387. The average molecular weight is 304 g/mol. The van der Waals surface area contributed by atoms with Gasteiger partial charge in [0.05, 0.1) is 0 Å². The summed E-state index contributed by atoms with van der Waals surface area (Å²) in [7, 11) is 0. The number of aliphatic carboxylic acids is 3. The number of carbonyl (C=O) groups is 4. The van der Waals surface area contributed by atoms with Gasteiger partial charge in [-0.3, -0.25) is 4.79 Å². The second-order valence-corrected chi connectivity index (χ2v) is 4.47. The maximum Gasteiger partial charge on any atom is 0.326 e. The summed E-state index contributed by atoms with van der Waals surface area (Å²) >= 11 is 0. The first kappa shape index (κ1) is 18.7. The predicted molar refractivity (Wildman–Crippen MR) is 70.9 cm³/mol. The predicted octanol–water partition coefficient (Wildman–Crippen LogP) is 0.247. The maximum absolute atomic E-state index is 11.6. The molecule has 0 spiro atoms. The molecule has 0 aromatic rings. The van der Waals surface area contributed by atoms with Crippen molar-refractivity contribution in [1.29, 1.82) is 0 Å². The van der Waals surface area contributed by atoms with Crippen molar-refractivity contribution in [3.8, 4) is 0 Å². The van der Waals surface area contributed by atoms with Gasteiger partial charge < -0.3 is 26.0 Å². The number of hydrogen-bond donors (Lipinski definition) is 5. The van der Waals surface area contributed by atoms with Crippen molar-refractivity contribution in [3.63, 3.8) is 0 Å². The average Bonchev–Trinajstić information content (AvgIpc) is 2.38. The number of amides is 2. The first-order valence-electron chi connectivity index (χ1n) is 6.52. The Morgan fingerprint density at radius 3 is 1.76 bits per heavy atom. The lowest BCUT2D eigenvalue weighted by Gasteiger charge is -2.18. The van der Waals surface area contributed by atoms with Crippen LogP contribution in [0.1, 0.15) is 39.0 Å². The minimum absolute atomic E-state index is 0.228. The molecule has 0 saturated heterocycles. The standard InChI is InChI=1S/C12H20N2O7/c1-2-3-4-7(10(17)18)13-12(21)14-8(11(19)20)5-6-9(15)16/h7-8H,2-6H2,1H3,(H,15,16)(H,17,18)(H,19,20)(H2,13,14,21)/t7-,8-/m0/s1. The van der Waals surface area contributed by atoms with Gasteiger partial charge in [-0.15, -0.1) is 0 Å². The van der Waals surface area contributed by atoms with Gasteiger partial charge in [0.1, 0.15) is 12.1 Å². The molecule has 0 unspecified atom stereocenters. The van der Waals surface area contributed by atoms with Gasteiger partial charge in [-0.1, -0.05) is 19.8 Å². The van der Waals surface area contributed by atoms with E-state index in [0.717, 1.165) is 6.42 Å². The summed E-state index contributed by atoms with van der Waals surface area (Å²) in [4.78, 5) is 43.8. The number of rotatable bonds is 10. The number of carboxylic acids is 3. The normalized spacial score (nSPS) is 13.0. The van der Waals surface area contributed by atoms with Crippen LogP contribution in [0.4, 0.5) is 4.79 Å². The van der Waals surface area contributed by atoms with Gasteiger partial charge in [-0.2, -0.15) is 0 Å². The molecule has 5 N–H and O–H groups in total. The second-order valence-electron chi connectivity index (χ2n) is 4.47. The number of carbonyl (C=O) groups excluding carboxylic acids is 1. The maximum atomic E-state index is 11.6. The molecule has 0 aromatic heterocycles. The van der Waals surface area contributed by atoms with E-state index in [1.54, 1.807) is 0 Å². The molecular formula is C12H20N2O7. The van der Waals surface area contributed by atoms with E-state index >= 15 is 0 Å². The van der Waals surface area contributed by atoms with Crippen LogP contribution in [0.3, 0.4) is 0 Å². The molecule has 21 heavy (non-hydrogen) atoms. The summed E-state index contributed by atoms with van der Waals surface area (Å²) in [5, 5.41) is 30.5. The van der Waals surface area contributed by atoms with Crippen molar-refractivity contribution in [3.05, 3.63) is 0 Å². The van der Waals surface area contributed by atoms with E-state index in [4.69, 9.17) is 15.3 Å². The minimum Gasteiger partial charge on any atom is -0.481 e. The number of hydrogen-bond acceptors (Lipinski definition) is 4. The second kappa shape index (κ2) is 9.56. The molecule has 0 heterocycles. The van der Waals surface area contributed by atoms with Crippen LogP contribution in [0.2, 0.25) is 0 Å². The minimum atomic E-state index is -1.39. The topological polar surface area (TPSA) is 153 Å². The molecule has 120 valence electrons. The summed E-state index contributed by atoms with van der Waals surface area (Å²) in [6.45, 7) is 1.87. The summed E-state index contributed by atoms with van der Waals surface area (Å²) in [5.74, 6) is -3.78. The van der Waals surface area contributed by atoms with Crippen LogP contribution in [0.15, 0.2) is 0 Å². The first-order valence-corrected chi connectivity index (χ1v) is 6.52. The van der Waals surface area contributed by atoms with E-state index in [0.29, 0.717) is 6.42 Å². The van der Waals surface area contributed by atoms with Crippen LogP contribution in [0, 0.1) is 0 Å². The third-order valence-corrected chi connectivity index (χ3v) is 2.70. The van der Waals surface area contributed by atoms with Gasteiger partial charge in [0, 0.05) is 6.42 Å². The molecule has 0 fully saturated rings. The highest BCUT2D eigenvalue weighted by Crippen LogP contribution is 2.02. The smallest absolute Gasteiger partial charge is 0.326 e. The Kier molecular flexibility index (Phi) is 8.51. The molecule has 9 heteroatoms. The Hall–Kier alpha value is -2.32.